The maximum atomic E-state index is 5.59. The van der Waals surface area contributed by atoms with Crippen LogP contribution in [0.25, 0.3) is 22.0 Å². The molecule has 2 N–H and O–H groups in total. The third kappa shape index (κ3) is 6.67. The van der Waals surface area contributed by atoms with E-state index in [2.05, 4.69) is 51.1 Å². The summed E-state index contributed by atoms with van der Waals surface area (Å²) in [6.07, 6.45) is 3.07. The van der Waals surface area contributed by atoms with Crippen molar-refractivity contribution in [1.29, 1.82) is 0 Å². The Morgan fingerprint density at radius 3 is 2.45 bits per heavy atom. The Morgan fingerprint density at radius 1 is 1.14 bits per heavy atom. The second kappa shape index (κ2) is 11.1. The van der Waals surface area contributed by atoms with Gasteiger partial charge in [-0.1, -0.05) is 13.8 Å². The summed E-state index contributed by atoms with van der Waals surface area (Å²) in [4.78, 5) is 17.1. The summed E-state index contributed by atoms with van der Waals surface area (Å²) in [5, 5.41) is 11.8. The van der Waals surface area contributed by atoms with Crippen LogP contribution in [0.5, 0.6) is 5.88 Å². The molecule has 3 aromatic rings. The minimum atomic E-state index is 0.478. The van der Waals surface area contributed by atoms with Gasteiger partial charge in [0, 0.05) is 35.3 Å². The van der Waals surface area contributed by atoms with Crippen LogP contribution in [0.2, 0.25) is 0 Å². The van der Waals surface area contributed by atoms with Crippen LogP contribution >= 0.6 is 22.7 Å². The third-order valence-electron chi connectivity index (χ3n) is 3.90. The molecule has 0 aromatic carbocycles. The fourth-order valence-corrected chi connectivity index (χ4v) is 3.85. The van der Waals surface area contributed by atoms with Crippen molar-refractivity contribution in [3.05, 3.63) is 29.1 Å². The summed E-state index contributed by atoms with van der Waals surface area (Å²) in [7, 11) is 0. The maximum Gasteiger partial charge on any atom is 0.213 e. The minimum Gasteiger partial charge on any atom is -0.477 e. The van der Waals surface area contributed by atoms with Crippen LogP contribution in [-0.4, -0.2) is 48.0 Å². The summed E-state index contributed by atoms with van der Waals surface area (Å²) in [5.41, 5.74) is 2.64. The van der Waals surface area contributed by atoms with Gasteiger partial charge >= 0.3 is 0 Å². The smallest absolute Gasteiger partial charge is 0.213 e. The molecule has 9 heteroatoms. The number of rotatable bonds is 6. The molecule has 0 amide bonds. The highest BCUT2D eigenvalue weighted by Crippen LogP contribution is 2.31. The summed E-state index contributed by atoms with van der Waals surface area (Å²) in [5.74, 6) is 1.12. The Labute approximate surface area is 179 Å². The van der Waals surface area contributed by atoms with E-state index in [1.165, 1.54) is 30.8 Å². The molecule has 0 atom stereocenters. The average molecular weight is 431 g/mol. The number of nitrogens with zero attached hydrogens (tertiary/aromatic N) is 4. The molecule has 0 unspecified atom stereocenters. The lowest BCUT2D eigenvalue weighted by molar-refractivity contribution is 0.261. The van der Waals surface area contributed by atoms with Gasteiger partial charge in [0.2, 0.25) is 11.0 Å². The molecule has 1 saturated heterocycles. The topological polar surface area (TPSA) is 84.3 Å². The molecular formula is C20H26N6OS2. The molecule has 1 fully saturated rings. The first-order valence-corrected chi connectivity index (χ1v) is 11.3. The molecule has 0 aliphatic carbocycles. The van der Waals surface area contributed by atoms with Crippen molar-refractivity contribution >= 4 is 34.5 Å². The van der Waals surface area contributed by atoms with Crippen LogP contribution < -0.4 is 15.4 Å². The van der Waals surface area contributed by atoms with E-state index >= 15 is 0 Å². The zero-order valence-corrected chi connectivity index (χ0v) is 18.4. The first-order chi connectivity index (χ1) is 14.2. The van der Waals surface area contributed by atoms with Crippen molar-refractivity contribution in [2.45, 2.75) is 20.3 Å². The van der Waals surface area contributed by atoms with Crippen molar-refractivity contribution in [2.75, 3.05) is 26.4 Å². The molecule has 154 valence electrons. The Hall–Kier alpha value is -2.20. The Balaban J connectivity index is 0.000000343. The average Bonchev–Trinajstić information content (AvgIpc) is 3.44. The first-order valence-electron chi connectivity index (χ1n) is 9.54. The number of thiazole rings is 2. The van der Waals surface area contributed by atoms with Gasteiger partial charge in [-0.2, -0.15) is 0 Å². The number of hydrogen-bond acceptors (Lipinski definition) is 9. The zero-order chi connectivity index (χ0) is 20.5. The second-order valence-electron chi connectivity index (χ2n) is 6.83. The van der Waals surface area contributed by atoms with Gasteiger partial charge in [0.1, 0.15) is 16.4 Å². The molecule has 0 radical (unpaired) electrons. The number of pyridine rings is 1. The lowest BCUT2D eigenvalue weighted by atomic mass is 10.2. The monoisotopic (exact) mass is 430 g/mol. The summed E-state index contributed by atoms with van der Waals surface area (Å²) >= 11 is 3.02. The SMILES string of the molecule is C1CNCNC1.C=Nc1nc(-c2csc(-c3ccc(OCC(C)C)nc3)n2)cs1. The van der Waals surface area contributed by atoms with Crippen molar-refractivity contribution in [1.82, 2.24) is 25.6 Å². The molecule has 3 aromatic heterocycles. The fourth-order valence-electron chi connectivity index (χ4n) is 2.43. The van der Waals surface area contributed by atoms with E-state index < -0.39 is 0 Å². The number of ether oxygens (including phenoxy) is 1. The largest absolute Gasteiger partial charge is 0.477 e. The lowest BCUT2D eigenvalue weighted by Crippen LogP contribution is -2.37. The van der Waals surface area contributed by atoms with Gasteiger partial charge < -0.3 is 15.4 Å². The maximum absolute atomic E-state index is 5.59. The Morgan fingerprint density at radius 2 is 1.90 bits per heavy atom. The quantitative estimate of drug-likeness (QED) is 0.570. The molecule has 0 bridgehead atoms. The van der Waals surface area contributed by atoms with Gasteiger partial charge in [0.15, 0.2) is 0 Å². The van der Waals surface area contributed by atoms with E-state index in [0.29, 0.717) is 23.5 Å². The van der Waals surface area contributed by atoms with Crippen LogP contribution in [0.1, 0.15) is 20.3 Å². The van der Waals surface area contributed by atoms with E-state index in [-0.39, 0.29) is 0 Å². The van der Waals surface area contributed by atoms with Gasteiger partial charge in [-0.3, -0.25) is 0 Å². The van der Waals surface area contributed by atoms with Crippen LogP contribution in [0, 0.1) is 5.92 Å². The predicted octanol–water partition coefficient (Wildman–Crippen LogP) is 4.22. The lowest BCUT2D eigenvalue weighted by Gasteiger charge is -2.11. The van der Waals surface area contributed by atoms with Gasteiger partial charge in [0.05, 0.1) is 6.61 Å². The van der Waals surface area contributed by atoms with Crippen molar-refractivity contribution in [2.24, 2.45) is 10.9 Å². The molecule has 0 saturated carbocycles. The summed E-state index contributed by atoms with van der Waals surface area (Å²) in [6.45, 7) is 11.7. The van der Waals surface area contributed by atoms with Gasteiger partial charge in [-0.05, 0) is 38.2 Å². The number of hydrogen-bond donors (Lipinski definition) is 2. The van der Waals surface area contributed by atoms with Crippen LogP contribution in [-0.2, 0) is 0 Å². The van der Waals surface area contributed by atoms with Crippen LogP contribution in [0.15, 0.2) is 34.1 Å². The van der Waals surface area contributed by atoms with Crippen LogP contribution in [0.3, 0.4) is 0 Å². The fraction of sp³-hybridized carbons (Fsp3) is 0.400. The minimum absolute atomic E-state index is 0.478. The van der Waals surface area contributed by atoms with Gasteiger partial charge in [0.25, 0.3) is 0 Å². The Kier molecular flexibility index (Phi) is 8.24. The van der Waals surface area contributed by atoms with E-state index in [9.17, 15) is 0 Å². The highest BCUT2D eigenvalue weighted by atomic mass is 32.1. The van der Waals surface area contributed by atoms with Crippen molar-refractivity contribution in [3.63, 3.8) is 0 Å². The molecule has 1 aliphatic rings. The van der Waals surface area contributed by atoms with Crippen molar-refractivity contribution in [3.8, 4) is 27.8 Å². The normalized spacial score (nSPS) is 13.6. The van der Waals surface area contributed by atoms with E-state index in [1.54, 1.807) is 17.5 Å². The molecule has 7 nitrogen and oxygen atoms in total. The van der Waals surface area contributed by atoms with E-state index in [1.807, 2.05) is 22.9 Å². The van der Waals surface area contributed by atoms with E-state index in [0.717, 1.165) is 28.6 Å². The standard InChI is InChI=1S/C16H16N4OS2.C4H10N2/c1-10(2)7-21-14-5-4-11(6-18-14)15-19-12(8-22-15)13-9-23-16(17-3)20-13;1-2-5-4-6-3-1/h4-6,8-10H,3,7H2,1-2H3;5-6H,1-4H2. The molecule has 0 spiro atoms. The second-order valence-corrected chi connectivity index (χ2v) is 8.53. The third-order valence-corrected chi connectivity index (χ3v) is 5.56. The number of aromatic nitrogens is 3. The summed E-state index contributed by atoms with van der Waals surface area (Å²) in [6, 6.07) is 3.85. The van der Waals surface area contributed by atoms with E-state index in [4.69, 9.17) is 4.74 Å². The highest BCUT2D eigenvalue weighted by molar-refractivity contribution is 7.14. The molecule has 29 heavy (non-hydrogen) atoms. The summed E-state index contributed by atoms with van der Waals surface area (Å²) < 4.78 is 5.59. The molecule has 4 heterocycles. The Bertz CT molecular complexity index is 875. The van der Waals surface area contributed by atoms with Crippen LogP contribution in [0.4, 0.5) is 5.13 Å². The number of nitrogens with one attached hydrogen (secondary N) is 2. The number of aliphatic imine (C=N–C) groups is 1. The molecular weight excluding hydrogens is 404 g/mol. The predicted molar refractivity (Wildman–Crippen MR) is 121 cm³/mol. The van der Waals surface area contributed by atoms with Gasteiger partial charge in [-0.15, -0.1) is 22.7 Å². The van der Waals surface area contributed by atoms with Crippen molar-refractivity contribution < 1.29 is 4.74 Å². The molecule has 4 rings (SSSR count). The zero-order valence-electron chi connectivity index (χ0n) is 16.7. The van der Waals surface area contributed by atoms with Gasteiger partial charge in [-0.25, -0.2) is 19.9 Å². The molecule has 1 aliphatic heterocycles. The highest BCUT2D eigenvalue weighted by Gasteiger charge is 2.10. The first kappa shape index (κ1) is 21.5.